The van der Waals surface area contributed by atoms with E-state index in [1.54, 1.807) is 6.92 Å². The van der Waals surface area contributed by atoms with E-state index in [1.165, 1.54) is 0 Å². The van der Waals surface area contributed by atoms with Crippen LogP contribution in [0.4, 0.5) is 0 Å². The molecule has 108 valence electrons. The third-order valence-corrected chi connectivity index (χ3v) is 6.53. The van der Waals surface area contributed by atoms with E-state index in [0.717, 1.165) is 11.3 Å². The molecule has 0 aromatic carbocycles. The maximum Gasteiger partial charge on any atom is 0.252 e. The van der Waals surface area contributed by atoms with Crippen molar-refractivity contribution in [3.8, 4) is 0 Å². The number of nitrogens with one attached hydrogen (secondary N) is 1. The van der Waals surface area contributed by atoms with Gasteiger partial charge < -0.3 is 9.84 Å². The maximum absolute atomic E-state index is 12.3. The summed E-state index contributed by atoms with van der Waals surface area (Å²) in [6.07, 6.45) is 0.878. The number of aromatic nitrogens is 1. The lowest BCUT2D eigenvalue weighted by molar-refractivity contribution is 0.0223. The second kappa shape index (κ2) is 5.63. The molecular formula is C10H15ClN2O4S2. The fourth-order valence-electron chi connectivity index (χ4n) is 1.99. The number of aliphatic hydroxyl groups excluding tert-OH is 1. The minimum atomic E-state index is -3.73. The fourth-order valence-corrected chi connectivity index (χ4v) is 5.18. The van der Waals surface area contributed by atoms with E-state index >= 15 is 0 Å². The molecule has 9 heteroatoms. The summed E-state index contributed by atoms with van der Waals surface area (Å²) in [4.78, 5) is 3.90. The molecular weight excluding hydrogens is 312 g/mol. The minimum Gasteiger partial charge on any atom is -0.394 e. The van der Waals surface area contributed by atoms with Crippen molar-refractivity contribution in [1.82, 2.24) is 9.71 Å². The monoisotopic (exact) mass is 326 g/mol. The number of aryl methyl sites for hydroxylation is 1. The lowest BCUT2D eigenvalue weighted by Gasteiger charge is -2.35. The van der Waals surface area contributed by atoms with Crippen LogP contribution in [-0.2, 0) is 14.8 Å². The van der Waals surface area contributed by atoms with E-state index in [9.17, 15) is 13.5 Å². The SMILES string of the molecule is Cc1nc(Cl)sc1S(=O)(=O)NC1(CO)CCOCC1. The molecule has 0 spiro atoms. The summed E-state index contributed by atoms with van der Waals surface area (Å²) in [5, 5.41) is 9.51. The van der Waals surface area contributed by atoms with Gasteiger partial charge >= 0.3 is 0 Å². The minimum absolute atomic E-state index is 0.0943. The van der Waals surface area contributed by atoms with Crippen LogP contribution < -0.4 is 4.72 Å². The summed E-state index contributed by atoms with van der Waals surface area (Å²) >= 11 is 6.64. The molecule has 2 N–H and O–H groups in total. The number of nitrogens with zero attached hydrogens (tertiary/aromatic N) is 1. The zero-order valence-corrected chi connectivity index (χ0v) is 12.7. The number of hydrogen-bond donors (Lipinski definition) is 2. The fraction of sp³-hybridized carbons (Fsp3) is 0.700. The van der Waals surface area contributed by atoms with Gasteiger partial charge in [0.25, 0.3) is 10.0 Å². The van der Waals surface area contributed by atoms with Gasteiger partial charge in [0.1, 0.15) is 0 Å². The van der Waals surface area contributed by atoms with Crippen LogP contribution in [0.25, 0.3) is 0 Å². The van der Waals surface area contributed by atoms with E-state index in [0.29, 0.717) is 31.7 Å². The Kier molecular flexibility index (Phi) is 4.49. The van der Waals surface area contributed by atoms with Crippen molar-refractivity contribution in [2.24, 2.45) is 0 Å². The zero-order chi connectivity index (χ0) is 14.1. The van der Waals surface area contributed by atoms with Crippen molar-refractivity contribution < 1.29 is 18.3 Å². The number of aliphatic hydroxyl groups is 1. The van der Waals surface area contributed by atoms with Crippen molar-refractivity contribution in [2.75, 3.05) is 19.8 Å². The Balaban J connectivity index is 2.27. The largest absolute Gasteiger partial charge is 0.394 e. The molecule has 0 unspecified atom stereocenters. The van der Waals surface area contributed by atoms with Crippen molar-refractivity contribution in [2.45, 2.75) is 29.5 Å². The van der Waals surface area contributed by atoms with Crippen molar-refractivity contribution in [3.63, 3.8) is 0 Å². The Morgan fingerprint density at radius 3 is 2.63 bits per heavy atom. The number of hydrogen-bond acceptors (Lipinski definition) is 6. The normalized spacial score (nSPS) is 19.5. The van der Waals surface area contributed by atoms with Gasteiger partial charge in [0.05, 0.1) is 17.8 Å². The first-order valence-corrected chi connectivity index (χ1v) is 8.42. The van der Waals surface area contributed by atoms with Gasteiger partial charge in [-0.25, -0.2) is 18.1 Å². The first kappa shape index (κ1) is 15.1. The van der Waals surface area contributed by atoms with Crippen LogP contribution in [0.2, 0.25) is 4.47 Å². The third kappa shape index (κ3) is 3.26. The highest BCUT2D eigenvalue weighted by Gasteiger charge is 2.37. The number of sulfonamides is 1. The zero-order valence-electron chi connectivity index (χ0n) is 10.3. The van der Waals surface area contributed by atoms with Crippen LogP contribution in [0.15, 0.2) is 4.21 Å². The highest BCUT2D eigenvalue weighted by Crippen LogP contribution is 2.29. The number of thiazole rings is 1. The average molecular weight is 327 g/mol. The van der Waals surface area contributed by atoms with E-state index < -0.39 is 15.6 Å². The Morgan fingerprint density at radius 1 is 1.53 bits per heavy atom. The van der Waals surface area contributed by atoms with Crippen LogP contribution in [0, 0.1) is 6.92 Å². The van der Waals surface area contributed by atoms with Gasteiger partial charge in [-0.1, -0.05) is 22.9 Å². The second-order valence-electron chi connectivity index (χ2n) is 4.50. The van der Waals surface area contributed by atoms with Gasteiger partial charge in [0.2, 0.25) is 0 Å². The summed E-state index contributed by atoms with van der Waals surface area (Å²) in [7, 11) is -3.73. The van der Waals surface area contributed by atoms with Crippen LogP contribution in [0.1, 0.15) is 18.5 Å². The van der Waals surface area contributed by atoms with Gasteiger partial charge in [-0.3, -0.25) is 0 Å². The molecule has 1 fully saturated rings. The van der Waals surface area contributed by atoms with E-state index in [4.69, 9.17) is 16.3 Å². The molecule has 1 aliphatic heterocycles. The summed E-state index contributed by atoms with van der Waals surface area (Å²) in [5.41, 5.74) is -0.498. The Labute approximate surface area is 120 Å². The summed E-state index contributed by atoms with van der Waals surface area (Å²) < 4.78 is 32.8. The van der Waals surface area contributed by atoms with Crippen LogP contribution in [0.5, 0.6) is 0 Å². The van der Waals surface area contributed by atoms with Crippen molar-refractivity contribution >= 4 is 33.0 Å². The molecule has 0 atom stereocenters. The summed E-state index contributed by atoms with van der Waals surface area (Å²) in [6.45, 7) is 2.17. The topological polar surface area (TPSA) is 88.5 Å². The Hall–Kier alpha value is -0.250. The highest BCUT2D eigenvalue weighted by molar-refractivity contribution is 7.91. The second-order valence-corrected chi connectivity index (χ2v) is 7.95. The number of halogens is 1. The number of ether oxygens (including phenoxy) is 1. The predicted molar refractivity (Wildman–Crippen MR) is 72.1 cm³/mol. The van der Waals surface area contributed by atoms with Crippen LogP contribution in [-0.4, -0.2) is 43.9 Å². The van der Waals surface area contributed by atoms with Crippen LogP contribution in [0.3, 0.4) is 0 Å². The summed E-state index contributed by atoms with van der Waals surface area (Å²) in [5.74, 6) is 0. The predicted octanol–water partition coefficient (Wildman–Crippen LogP) is 0.925. The maximum atomic E-state index is 12.3. The molecule has 2 rings (SSSR count). The molecule has 6 nitrogen and oxygen atoms in total. The highest BCUT2D eigenvalue weighted by atomic mass is 35.5. The summed E-state index contributed by atoms with van der Waals surface area (Å²) in [6, 6.07) is 0. The van der Waals surface area contributed by atoms with Gasteiger partial charge in [0.15, 0.2) is 8.68 Å². The standard InChI is InChI=1S/C10H15ClN2O4S2/c1-7-8(18-9(11)12-7)19(15,16)13-10(6-14)2-4-17-5-3-10/h13-14H,2-6H2,1H3. The molecule has 0 amide bonds. The van der Waals surface area contributed by atoms with E-state index in [1.807, 2.05) is 0 Å². The molecule has 1 saturated heterocycles. The Bertz CT molecular complexity index is 552. The third-order valence-electron chi connectivity index (χ3n) is 3.08. The first-order chi connectivity index (χ1) is 8.88. The van der Waals surface area contributed by atoms with E-state index in [2.05, 4.69) is 9.71 Å². The van der Waals surface area contributed by atoms with E-state index in [-0.39, 0.29) is 15.3 Å². The van der Waals surface area contributed by atoms with Gasteiger partial charge in [-0.2, -0.15) is 0 Å². The van der Waals surface area contributed by atoms with Crippen LogP contribution >= 0.6 is 22.9 Å². The molecule has 1 aliphatic rings. The molecule has 2 heterocycles. The van der Waals surface area contributed by atoms with Gasteiger partial charge in [-0.15, -0.1) is 0 Å². The Morgan fingerprint density at radius 2 is 2.16 bits per heavy atom. The van der Waals surface area contributed by atoms with Gasteiger partial charge in [-0.05, 0) is 19.8 Å². The molecule has 1 aromatic rings. The molecule has 0 bridgehead atoms. The molecule has 19 heavy (non-hydrogen) atoms. The molecule has 0 saturated carbocycles. The van der Waals surface area contributed by atoms with Gasteiger partial charge in [0, 0.05) is 13.2 Å². The molecule has 0 aliphatic carbocycles. The first-order valence-electron chi connectivity index (χ1n) is 5.74. The van der Waals surface area contributed by atoms with Crippen molar-refractivity contribution in [1.29, 1.82) is 0 Å². The molecule has 0 radical (unpaired) electrons. The molecule has 1 aromatic heterocycles. The smallest absolute Gasteiger partial charge is 0.252 e. The van der Waals surface area contributed by atoms with Crippen molar-refractivity contribution in [3.05, 3.63) is 10.2 Å². The lowest BCUT2D eigenvalue weighted by Crippen LogP contribution is -2.54. The number of rotatable bonds is 4. The average Bonchev–Trinajstić information content (AvgIpc) is 2.70. The lowest BCUT2D eigenvalue weighted by atomic mass is 9.93. The quantitative estimate of drug-likeness (QED) is 0.859.